The molecule has 1 rings (SSSR count). The van der Waals surface area contributed by atoms with Gasteiger partial charge in [0.25, 0.3) is 5.69 Å². The number of benzene rings is 1. The summed E-state index contributed by atoms with van der Waals surface area (Å²) in [6, 6.07) is 3.70. The van der Waals surface area contributed by atoms with Crippen molar-refractivity contribution in [2.24, 2.45) is 0 Å². The fraction of sp³-hybridized carbons (Fsp3) is 0.611. The Morgan fingerprint density at radius 2 is 1.86 bits per heavy atom. The van der Waals surface area contributed by atoms with Gasteiger partial charge in [-0.1, -0.05) is 0 Å². The van der Waals surface area contributed by atoms with Gasteiger partial charge in [-0.2, -0.15) is 0 Å². The van der Waals surface area contributed by atoms with Crippen molar-refractivity contribution in [3.63, 3.8) is 0 Å². The number of anilines is 1. The standard InChI is InChI=1S/C18H31N5O5S/c1-7-22(13-17(24)20-18(2,3)4)15-9-8-14(12-16(15)23(25)26)29(27,28)19-10-11-21(5)6/h8-9,12,19H,7,10-11,13H2,1-6H3,(H,20,24). The van der Waals surface area contributed by atoms with Crippen LogP contribution >= 0.6 is 0 Å². The first-order valence-corrected chi connectivity index (χ1v) is 10.7. The highest BCUT2D eigenvalue weighted by Gasteiger charge is 2.25. The van der Waals surface area contributed by atoms with Crippen LogP contribution in [0.15, 0.2) is 23.1 Å². The van der Waals surface area contributed by atoms with E-state index in [1.54, 1.807) is 6.92 Å². The number of carbonyl (C=O) groups excluding carboxylic acids is 1. The minimum absolute atomic E-state index is 0.0816. The normalized spacial score (nSPS) is 12.1. The van der Waals surface area contributed by atoms with Crippen molar-refractivity contribution >= 4 is 27.3 Å². The van der Waals surface area contributed by atoms with E-state index in [9.17, 15) is 23.3 Å². The molecule has 1 aromatic rings. The molecule has 0 aliphatic carbocycles. The zero-order valence-corrected chi connectivity index (χ0v) is 18.7. The second-order valence-corrected chi connectivity index (χ2v) is 9.69. The van der Waals surface area contributed by atoms with Crippen molar-refractivity contribution in [2.75, 3.05) is 45.2 Å². The van der Waals surface area contributed by atoms with E-state index in [0.717, 1.165) is 6.07 Å². The van der Waals surface area contributed by atoms with Crippen LogP contribution in [0.2, 0.25) is 0 Å². The molecule has 0 spiro atoms. The molecule has 0 heterocycles. The summed E-state index contributed by atoms with van der Waals surface area (Å²) in [6.45, 7) is 8.21. The zero-order valence-electron chi connectivity index (χ0n) is 17.9. The highest BCUT2D eigenvalue weighted by molar-refractivity contribution is 7.89. The molecule has 10 nitrogen and oxygen atoms in total. The predicted molar refractivity (Wildman–Crippen MR) is 113 cm³/mol. The summed E-state index contributed by atoms with van der Waals surface area (Å²) in [6.07, 6.45) is 0. The maximum atomic E-state index is 12.4. The van der Waals surface area contributed by atoms with Gasteiger partial charge in [0.1, 0.15) is 5.69 Å². The van der Waals surface area contributed by atoms with E-state index in [-0.39, 0.29) is 35.3 Å². The van der Waals surface area contributed by atoms with Crippen LogP contribution in [0.3, 0.4) is 0 Å². The summed E-state index contributed by atoms with van der Waals surface area (Å²) in [5.41, 5.74) is -0.613. The maximum Gasteiger partial charge on any atom is 0.293 e. The topological polar surface area (TPSA) is 125 Å². The maximum absolute atomic E-state index is 12.4. The molecule has 0 aliphatic heterocycles. The molecule has 29 heavy (non-hydrogen) atoms. The Morgan fingerprint density at radius 3 is 2.34 bits per heavy atom. The first-order chi connectivity index (χ1) is 13.3. The molecule has 0 fully saturated rings. The highest BCUT2D eigenvalue weighted by atomic mass is 32.2. The first kappa shape index (κ1) is 24.8. The molecule has 0 aromatic heterocycles. The van der Waals surface area contributed by atoms with Crippen LogP contribution in [-0.4, -0.2) is 70.0 Å². The van der Waals surface area contributed by atoms with E-state index < -0.39 is 20.5 Å². The number of likely N-dealkylation sites (N-methyl/N-ethyl adjacent to an activating group) is 2. The van der Waals surface area contributed by atoms with Gasteiger partial charge in [0.15, 0.2) is 0 Å². The summed E-state index contributed by atoms with van der Waals surface area (Å²) in [7, 11) is -0.270. The Morgan fingerprint density at radius 1 is 1.24 bits per heavy atom. The van der Waals surface area contributed by atoms with Gasteiger partial charge >= 0.3 is 0 Å². The van der Waals surface area contributed by atoms with E-state index in [4.69, 9.17) is 0 Å². The average molecular weight is 430 g/mol. The van der Waals surface area contributed by atoms with E-state index in [2.05, 4.69) is 10.0 Å². The number of nitro groups is 1. The molecular weight excluding hydrogens is 398 g/mol. The van der Waals surface area contributed by atoms with Gasteiger partial charge < -0.3 is 15.1 Å². The molecule has 0 saturated heterocycles. The minimum Gasteiger partial charge on any atom is -0.357 e. The lowest BCUT2D eigenvalue weighted by Gasteiger charge is -2.26. The minimum atomic E-state index is -3.89. The molecule has 0 atom stereocenters. The SMILES string of the molecule is CCN(CC(=O)NC(C)(C)C)c1ccc(S(=O)(=O)NCCN(C)C)cc1[N+](=O)[O-]. The molecule has 0 saturated carbocycles. The van der Waals surface area contributed by atoms with Crippen LogP contribution in [-0.2, 0) is 14.8 Å². The van der Waals surface area contributed by atoms with Crippen molar-refractivity contribution in [3.8, 4) is 0 Å². The highest BCUT2D eigenvalue weighted by Crippen LogP contribution is 2.30. The van der Waals surface area contributed by atoms with Gasteiger partial charge in [0, 0.05) is 31.2 Å². The van der Waals surface area contributed by atoms with Gasteiger partial charge in [-0.3, -0.25) is 14.9 Å². The lowest BCUT2D eigenvalue weighted by Crippen LogP contribution is -2.46. The third-order valence-corrected chi connectivity index (χ3v) is 5.33. The number of hydrogen-bond donors (Lipinski definition) is 2. The Kier molecular flexibility index (Phi) is 8.54. The fourth-order valence-electron chi connectivity index (χ4n) is 2.57. The molecular formula is C18H31N5O5S. The van der Waals surface area contributed by atoms with Gasteiger partial charge in [0.05, 0.1) is 16.4 Å². The summed E-state index contributed by atoms with van der Waals surface area (Å²) >= 11 is 0. The summed E-state index contributed by atoms with van der Waals surface area (Å²) in [4.78, 5) is 26.4. The van der Waals surface area contributed by atoms with Crippen LogP contribution in [0.1, 0.15) is 27.7 Å². The number of rotatable bonds is 10. The summed E-state index contributed by atoms with van der Waals surface area (Å²) in [5.74, 6) is -0.282. The number of nitrogens with zero attached hydrogens (tertiary/aromatic N) is 3. The van der Waals surface area contributed by atoms with E-state index >= 15 is 0 Å². The van der Waals surface area contributed by atoms with Crippen LogP contribution in [0.25, 0.3) is 0 Å². The van der Waals surface area contributed by atoms with Crippen molar-refractivity contribution in [2.45, 2.75) is 38.1 Å². The first-order valence-electron chi connectivity index (χ1n) is 9.25. The molecule has 1 amide bonds. The Labute approximate surface area is 172 Å². The molecule has 2 N–H and O–H groups in total. The van der Waals surface area contributed by atoms with E-state index in [0.29, 0.717) is 13.1 Å². The second-order valence-electron chi connectivity index (χ2n) is 7.92. The van der Waals surface area contributed by atoms with Crippen LogP contribution < -0.4 is 14.9 Å². The quantitative estimate of drug-likeness (QED) is 0.422. The zero-order chi connectivity index (χ0) is 22.4. The molecule has 0 bridgehead atoms. The molecule has 0 radical (unpaired) electrons. The average Bonchev–Trinajstić information content (AvgIpc) is 2.57. The number of nitrogens with one attached hydrogen (secondary N) is 2. The number of sulfonamides is 1. The molecule has 11 heteroatoms. The van der Waals surface area contributed by atoms with Gasteiger partial charge in [-0.25, -0.2) is 13.1 Å². The van der Waals surface area contributed by atoms with E-state index in [1.165, 1.54) is 17.0 Å². The summed E-state index contributed by atoms with van der Waals surface area (Å²) in [5, 5.41) is 14.4. The number of hydrogen-bond acceptors (Lipinski definition) is 7. The molecule has 1 aromatic carbocycles. The van der Waals surface area contributed by atoms with Crippen molar-refractivity contribution in [1.29, 1.82) is 0 Å². The molecule has 0 unspecified atom stereocenters. The third-order valence-electron chi connectivity index (χ3n) is 3.88. The Bertz CT molecular complexity index is 834. The second kappa shape index (κ2) is 9.99. The Balaban J connectivity index is 3.16. The third kappa shape index (κ3) is 7.95. The largest absolute Gasteiger partial charge is 0.357 e. The monoisotopic (exact) mass is 429 g/mol. The molecule has 164 valence electrons. The lowest BCUT2D eigenvalue weighted by atomic mass is 10.1. The van der Waals surface area contributed by atoms with Crippen LogP contribution in [0.4, 0.5) is 11.4 Å². The van der Waals surface area contributed by atoms with Crippen molar-refractivity contribution in [1.82, 2.24) is 14.9 Å². The van der Waals surface area contributed by atoms with Crippen LogP contribution in [0.5, 0.6) is 0 Å². The smallest absolute Gasteiger partial charge is 0.293 e. The predicted octanol–water partition coefficient (Wildman–Crippen LogP) is 1.18. The van der Waals surface area contributed by atoms with E-state index in [1.807, 2.05) is 39.8 Å². The lowest BCUT2D eigenvalue weighted by molar-refractivity contribution is -0.384. The number of nitro benzene ring substituents is 1. The number of carbonyl (C=O) groups is 1. The van der Waals surface area contributed by atoms with Crippen molar-refractivity contribution < 1.29 is 18.1 Å². The van der Waals surface area contributed by atoms with Gasteiger partial charge in [-0.05, 0) is 53.9 Å². The summed E-state index contributed by atoms with van der Waals surface area (Å²) < 4.78 is 27.3. The van der Waals surface area contributed by atoms with Gasteiger partial charge in [-0.15, -0.1) is 0 Å². The Hall–Kier alpha value is -2.24. The van der Waals surface area contributed by atoms with Crippen molar-refractivity contribution in [3.05, 3.63) is 28.3 Å². The fourth-order valence-corrected chi connectivity index (χ4v) is 3.61. The number of amides is 1. The van der Waals surface area contributed by atoms with Crippen LogP contribution in [0, 0.1) is 10.1 Å². The van der Waals surface area contributed by atoms with Gasteiger partial charge in [0.2, 0.25) is 15.9 Å². The molecule has 0 aliphatic rings.